The van der Waals surface area contributed by atoms with Crippen LogP contribution >= 0.6 is 0 Å². The summed E-state index contributed by atoms with van der Waals surface area (Å²) in [6.45, 7) is 5.07. The largest absolute Gasteiger partial charge is 0.305 e. The molecule has 1 aromatic carbocycles. The van der Waals surface area contributed by atoms with Gasteiger partial charge in [0.25, 0.3) is 0 Å². The summed E-state index contributed by atoms with van der Waals surface area (Å²) in [7, 11) is 0. The van der Waals surface area contributed by atoms with Gasteiger partial charge in [-0.2, -0.15) is 0 Å². The maximum absolute atomic E-state index is 13.0. The van der Waals surface area contributed by atoms with Crippen LogP contribution in [0.3, 0.4) is 0 Å². The minimum absolute atomic E-state index is 0.0104. The molecule has 0 aliphatic heterocycles. The number of hydrogen-bond donors (Lipinski definition) is 1. The number of rotatable bonds is 6. The lowest BCUT2D eigenvalue weighted by atomic mass is 10.00. The molecule has 1 atom stereocenters. The molecule has 0 amide bonds. The average molecular weight is 272 g/mol. The lowest BCUT2D eigenvalue weighted by Crippen LogP contribution is -2.23. The van der Waals surface area contributed by atoms with Crippen molar-refractivity contribution in [1.29, 1.82) is 0 Å². The van der Waals surface area contributed by atoms with Crippen LogP contribution in [0, 0.1) is 5.82 Å². The molecule has 106 valence electrons. The summed E-state index contributed by atoms with van der Waals surface area (Å²) in [6, 6.07) is 11.8. The topological polar surface area (TPSA) is 24.9 Å². The Morgan fingerprint density at radius 3 is 2.40 bits per heavy atom. The number of halogens is 1. The maximum Gasteiger partial charge on any atom is 0.141 e. The molecule has 1 aromatic heterocycles. The molecule has 3 heteroatoms. The summed E-state index contributed by atoms with van der Waals surface area (Å²) < 4.78 is 13.0. The van der Waals surface area contributed by atoms with Gasteiger partial charge in [-0.3, -0.25) is 4.98 Å². The Balaban J connectivity index is 2.25. The molecular formula is C17H21FN2. The molecule has 2 rings (SSSR count). The summed E-state index contributed by atoms with van der Waals surface area (Å²) in [6.07, 6.45) is 3.52. The first-order chi connectivity index (χ1) is 9.74. The third-order valence-electron chi connectivity index (χ3n) is 3.31. The van der Waals surface area contributed by atoms with Crippen LogP contribution in [0.2, 0.25) is 0 Å². The number of pyridine rings is 1. The van der Waals surface area contributed by atoms with E-state index in [9.17, 15) is 4.39 Å². The van der Waals surface area contributed by atoms with Crippen molar-refractivity contribution in [2.75, 3.05) is 6.54 Å². The Morgan fingerprint density at radius 1 is 1.10 bits per heavy atom. The van der Waals surface area contributed by atoms with Crippen LogP contribution in [0.1, 0.15) is 43.1 Å². The van der Waals surface area contributed by atoms with E-state index in [1.165, 1.54) is 17.8 Å². The van der Waals surface area contributed by atoms with Gasteiger partial charge in [-0.25, -0.2) is 4.39 Å². The second-order valence-electron chi connectivity index (χ2n) is 4.88. The second kappa shape index (κ2) is 7.15. The van der Waals surface area contributed by atoms with Gasteiger partial charge in [0.2, 0.25) is 0 Å². The Labute approximate surface area is 120 Å². The normalized spacial score (nSPS) is 12.3. The van der Waals surface area contributed by atoms with E-state index in [-0.39, 0.29) is 11.9 Å². The Bertz CT molecular complexity index is 520. The molecule has 1 heterocycles. The standard InChI is InChI=1S/C17H21FN2/c1-3-5-13-6-8-14(9-7-13)17(19-4-2)16-11-10-15(18)12-20-16/h6-12,17,19H,3-5H2,1-2H3. The van der Waals surface area contributed by atoms with Crippen molar-refractivity contribution in [2.24, 2.45) is 0 Å². The second-order valence-corrected chi connectivity index (χ2v) is 4.88. The summed E-state index contributed by atoms with van der Waals surface area (Å²) in [5.41, 5.74) is 3.35. The van der Waals surface area contributed by atoms with Gasteiger partial charge in [0, 0.05) is 0 Å². The minimum Gasteiger partial charge on any atom is -0.305 e. The monoisotopic (exact) mass is 272 g/mol. The van der Waals surface area contributed by atoms with E-state index in [4.69, 9.17) is 0 Å². The van der Waals surface area contributed by atoms with Gasteiger partial charge in [-0.1, -0.05) is 44.5 Å². The van der Waals surface area contributed by atoms with Gasteiger partial charge in [-0.15, -0.1) is 0 Å². The lowest BCUT2D eigenvalue weighted by molar-refractivity contribution is 0.594. The van der Waals surface area contributed by atoms with Crippen molar-refractivity contribution in [3.05, 3.63) is 65.2 Å². The van der Waals surface area contributed by atoms with Crippen molar-refractivity contribution in [3.63, 3.8) is 0 Å². The third-order valence-corrected chi connectivity index (χ3v) is 3.31. The van der Waals surface area contributed by atoms with Crippen LogP contribution < -0.4 is 5.32 Å². The van der Waals surface area contributed by atoms with Gasteiger partial charge in [0.05, 0.1) is 17.9 Å². The van der Waals surface area contributed by atoms with Crippen LogP contribution in [0.25, 0.3) is 0 Å². The van der Waals surface area contributed by atoms with E-state index in [0.29, 0.717) is 0 Å². The highest BCUT2D eigenvalue weighted by atomic mass is 19.1. The predicted octanol–water partition coefficient (Wildman–Crippen LogP) is 3.87. The zero-order valence-corrected chi connectivity index (χ0v) is 12.1. The van der Waals surface area contributed by atoms with Crippen molar-refractivity contribution in [2.45, 2.75) is 32.7 Å². The molecule has 0 fully saturated rings. The molecule has 0 saturated carbocycles. The lowest BCUT2D eigenvalue weighted by Gasteiger charge is -2.18. The molecule has 1 unspecified atom stereocenters. The van der Waals surface area contributed by atoms with Crippen LogP contribution in [-0.2, 0) is 6.42 Å². The number of aromatic nitrogens is 1. The van der Waals surface area contributed by atoms with E-state index in [2.05, 4.69) is 48.4 Å². The quantitative estimate of drug-likeness (QED) is 0.863. The van der Waals surface area contributed by atoms with Gasteiger partial charge >= 0.3 is 0 Å². The molecule has 2 aromatic rings. The molecule has 0 aliphatic carbocycles. The fourth-order valence-corrected chi connectivity index (χ4v) is 2.32. The van der Waals surface area contributed by atoms with E-state index >= 15 is 0 Å². The maximum atomic E-state index is 13.0. The van der Waals surface area contributed by atoms with Crippen molar-refractivity contribution >= 4 is 0 Å². The molecule has 1 N–H and O–H groups in total. The van der Waals surface area contributed by atoms with Crippen molar-refractivity contribution in [1.82, 2.24) is 10.3 Å². The molecule has 0 aliphatic rings. The first kappa shape index (κ1) is 14.7. The third kappa shape index (κ3) is 3.64. The summed E-state index contributed by atoms with van der Waals surface area (Å²) in [5.74, 6) is -0.303. The van der Waals surface area contributed by atoms with E-state index in [0.717, 1.165) is 30.6 Å². The number of hydrogen-bond acceptors (Lipinski definition) is 2. The SMILES string of the molecule is CCCc1ccc(C(NCC)c2ccc(F)cn2)cc1. The number of nitrogens with zero attached hydrogens (tertiary/aromatic N) is 1. The first-order valence-electron chi connectivity index (χ1n) is 7.18. The predicted molar refractivity (Wildman–Crippen MR) is 80.2 cm³/mol. The van der Waals surface area contributed by atoms with E-state index in [1.54, 1.807) is 6.07 Å². The number of benzene rings is 1. The van der Waals surface area contributed by atoms with E-state index in [1.807, 2.05) is 0 Å². The van der Waals surface area contributed by atoms with Crippen molar-refractivity contribution in [3.8, 4) is 0 Å². The Kier molecular flexibility index (Phi) is 5.24. The summed E-state index contributed by atoms with van der Waals surface area (Å²) in [5, 5.41) is 3.40. The summed E-state index contributed by atoms with van der Waals surface area (Å²) in [4.78, 5) is 4.19. The highest BCUT2D eigenvalue weighted by Gasteiger charge is 2.14. The van der Waals surface area contributed by atoms with Gasteiger partial charge in [-0.05, 0) is 36.2 Å². The fourth-order valence-electron chi connectivity index (χ4n) is 2.32. The number of nitrogens with one attached hydrogen (secondary N) is 1. The molecule has 0 saturated heterocycles. The van der Waals surface area contributed by atoms with Crippen LogP contribution in [0.5, 0.6) is 0 Å². The highest BCUT2D eigenvalue weighted by molar-refractivity contribution is 5.30. The highest BCUT2D eigenvalue weighted by Crippen LogP contribution is 2.21. The minimum atomic E-state index is -0.303. The molecule has 0 radical (unpaired) electrons. The van der Waals surface area contributed by atoms with Gasteiger partial charge < -0.3 is 5.32 Å². The zero-order valence-electron chi connectivity index (χ0n) is 12.1. The van der Waals surface area contributed by atoms with Crippen LogP contribution in [-0.4, -0.2) is 11.5 Å². The number of aryl methyl sites for hydroxylation is 1. The Morgan fingerprint density at radius 2 is 1.85 bits per heavy atom. The van der Waals surface area contributed by atoms with Crippen molar-refractivity contribution < 1.29 is 4.39 Å². The van der Waals surface area contributed by atoms with Gasteiger partial charge in [0.1, 0.15) is 5.82 Å². The zero-order chi connectivity index (χ0) is 14.4. The fraction of sp³-hybridized carbons (Fsp3) is 0.353. The summed E-state index contributed by atoms with van der Waals surface area (Å²) >= 11 is 0. The molecule has 0 bridgehead atoms. The average Bonchev–Trinajstić information content (AvgIpc) is 2.47. The molecule has 20 heavy (non-hydrogen) atoms. The molecule has 2 nitrogen and oxygen atoms in total. The van der Waals surface area contributed by atoms with Crippen LogP contribution in [0.15, 0.2) is 42.6 Å². The Hall–Kier alpha value is -1.74. The molecular weight excluding hydrogens is 251 g/mol. The van der Waals surface area contributed by atoms with Crippen LogP contribution in [0.4, 0.5) is 4.39 Å². The molecule has 0 spiro atoms. The first-order valence-corrected chi connectivity index (χ1v) is 7.18. The van der Waals surface area contributed by atoms with Gasteiger partial charge in [0.15, 0.2) is 0 Å². The van der Waals surface area contributed by atoms with E-state index < -0.39 is 0 Å². The smallest absolute Gasteiger partial charge is 0.141 e.